The number of rotatable bonds is 12. The van der Waals surface area contributed by atoms with Gasteiger partial charge in [0.05, 0.1) is 13.2 Å². The van der Waals surface area contributed by atoms with Gasteiger partial charge in [0.25, 0.3) is 0 Å². The molecule has 0 unspecified atom stereocenters. The first-order valence-corrected chi connectivity index (χ1v) is 24.1. The van der Waals surface area contributed by atoms with Crippen LogP contribution < -0.4 is 21.2 Å². The lowest BCUT2D eigenvalue weighted by Crippen LogP contribution is -2.14. The molecule has 254 valence electrons. The molecule has 0 aliphatic carbocycles. The highest BCUT2D eigenvalue weighted by atomic mass is 32.4. The summed E-state index contributed by atoms with van der Waals surface area (Å²) in [5, 5.41) is 4.43. The highest BCUT2D eigenvalue weighted by molar-refractivity contribution is 8.30. The van der Waals surface area contributed by atoms with Crippen molar-refractivity contribution < 1.29 is 9.47 Å². The van der Waals surface area contributed by atoms with Crippen molar-refractivity contribution in [2.24, 2.45) is 0 Å². The molecule has 2 nitrogen and oxygen atoms in total. The van der Waals surface area contributed by atoms with Crippen molar-refractivity contribution in [3.8, 4) is 0 Å². The van der Waals surface area contributed by atoms with E-state index in [0.717, 1.165) is 42.2 Å². The highest BCUT2D eigenvalue weighted by Crippen LogP contribution is 2.52. The van der Waals surface area contributed by atoms with Crippen LogP contribution in [0.15, 0.2) is 157 Å². The highest BCUT2D eigenvalue weighted by Gasteiger charge is 2.24. The van der Waals surface area contributed by atoms with Gasteiger partial charge in [0.1, 0.15) is 0 Å². The zero-order chi connectivity index (χ0) is 35.4. The van der Waals surface area contributed by atoms with Crippen LogP contribution in [-0.2, 0) is 33.1 Å². The summed E-state index contributed by atoms with van der Waals surface area (Å²) in [7, 11) is 0. The lowest BCUT2D eigenvalue weighted by Gasteiger charge is -2.22. The molecule has 0 N–H and O–H groups in total. The molecule has 10 heteroatoms. The van der Waals surface area contributed by atoms with Gasteiger partial charge >= 0.3 is 0 Å². The van der Waals surface area contributed by atoms with E-state index in [1.807, 2.05) is 86.6 Å². The van der Waals surface area contributed by atoms with Gasteiger partial charge < -0.3 is 9.47 Å². The van der Waals surface area contributed by atoms with Crippen molar-refractivity contribution in [2.75, 3.05) is 13.2 Å². The Labute approximate surface area is 325 Å². The molecule has 0 bridgehead atoms. The van der Waals surface area contributed by atoms with Crippen LogP contribution in [0.2, 0.25) is 0 Å². The molecule has 0 atom stereocenters. The molecule has 0 aliphatic heterocycles. The fourth-order valence-electron chi connectivity index (χ4n) is 5.12. The Balaban J connectivity index is 1.65. The Bertz CT molecular complexity index is 1810. The van der Waals surface area contributed by atoms with Crippen LogP contribution >= 0.6 is 60.0 Å². The van der Waals surface area contributed by atoms with Gasteiger partial charge in [-0.1, -0.05) is 169 Å². The quantitative estimate of drug-likeness (QED) is 0.0906. The van der Waals surface area contributed by atoms with Crippen molar-refractivity contribution in [1.82, 2.24) is 0 Å². The molecule has 0 radical (unpaired) electrons. The van der Waals surface area contributed by atoms with Gasteiger partial charge in [-0.05, 0) is 106 Å². The molecular weight excluding hydrogens is 767 g/mol. The summed E-state index contributed by atoms with van der Waals surface area (Å²) in [4.78, 5) is 1.90. The molecule has 0 saturated carbocycles. The molecule has 5 aromatic carbocycles. The molecular formula is C40H36O2P2S6. The largest absolute Gasteiger partial charge is 0.479 e. The molecule has 0 fully saturated rings. The van der Waals surface area contributed by atoms with Gasteiger partial charge in [0, 0.05) is 21.9 Å². The fraction of sp³-hybridized carbons (Fsp3) is 0.100. The third-order valence-electron chi connectivity index (χ3n) is 7.52. The second-order valence-electron chi connectivity index (χ2n) is 10.8. The van der Waals surface area contributed by atoms with Gasteiger partial charge in [0.15, 0.2) is 0 Å². The average Bonchev–Trinajstić information content (AvgIpc) is 3.16. The van der Waals surface area contributed by atoms with Crippen LogP contribution in [0, 0.1) is 0 Å². The summed E-state index contributed by atoms with van der Waals surface area (Å²) in [6.45, 7) is 4.86. The smallest absolute Gasteiger partial charge is 0.224 e. The van der Waals surface area contributed by atoms with E-state index < -0.39 is 12.1 Å². The number of thiocarbonyl (C=S) groups is 2. The average molecular weight is 803 g/mol. The lowest BCUT2D eigenvalue weighted by atomic mass is 10.1. The lowest BCUT2D eigenvalue weighted by molar-refractivity contribution is 0.346. The van der Waals surface area contributed by atoms with E-state index >= 15 is 0 Å². The van der Waals surface area contributed by atoms with Crippen LogP contribution in [0.1, 0.15) is 25.0 Å². The molecule has 0 spiro atoms. The van der Waals surface area contributed by atoms with Crippen molar-refractivity contribution >= 4 is 123 Å². The van der Waals surface area contributed by atoms with E-state index in [4.69, 9.17) is 57.5 Å². The summed E-state index contributed by atoms with van der Waals surface area (Å²) >= 11 is 27.4. The van der Waals surface area contributed by atoms with Gasteiger partial charge in [-0.25, -0.2) is 0 Å². The maximum absolute atomic E-state index is 6.61. The summed E-state index contributed by atoms with van der Waals surface area (Å²) in [5.74, 6) is 4.47. The SMILES string of the molecule is CCOC(=S)S/C(=C/P(=S)(c1ccccc1)c1ccccc1)c1ccc(/C(=C\P(=S)(c2ccccc2)c2ccccc2)SC(=S)OCC)cc1. The van der Waals surface area contributed by atoms with E-state index in [1.165, 1.54) is 23.5 Å². The first-order valence-electron chi connectivity index (χ1n) is 15.9. The van der Waals surface area contributed by atoms with Crippen LogP contribution in [0.25, 0.3) is 9.81 Å². The Kier molecular flexibility index (Phi) is 14.5. The molecule has 50 heavy (non-hydrogen) atoms. The molecule has 0 aromatic heterocycles. The number of thioether (sulfide) groups is 2. The number of benzene rings is 5. The van der Waals surface area contributed by atoms with E-state index in [9.17, 15) is 0 Å². The van der Waals surface area contributed by atoms with E-state index in [2.05, 4.69) is 84.4 Å². The summed E-state index contributed by atoms with van der Waals surface area (Å²) in [6.07, 6.45) is 0. The molecule has 5 rings (SSSR count). The summed E-state index contributed by atoms with van der Waals surface area (Å²) < 4.78 is 12.4. The Hall–Kier alpha value is -2.64. The second-order valence-corrected chi connectivity index (χ2v) is 22.8. The normalized spacial score (nSPS) is 12.3. The summed E-state index contributed by atoms with van der Waals surface area (Å²) in [5.41, 5.74) is 1.98. The monoisotopic (exact) mass is 802 g/mol. The molecule has 0 amide bonds. The van der Waals surface area contributed by atoms with Crippen molar-refractivity contribution in [3.05, 3.63) is 168 Å². The van der Waals surface area contributed by atoms with Crippen LogP contribution in [0.4, 0.5) is 0 Å². The van der Waals surface area contributed by atoms with Gasteiger partial charge in [-0.15, -0.1) is 0 Å². The van der Waals surface area contributed by atoms with E-state index in [1.54, 1.807) is 0 Å². The van der Waals surface area contributed by atoms with Gasteiger partial charge in [-0.2, -0.15) is 0 Å². The molecule has 0 aliphatic rings. The molecule has 0 heterocycles. The Morgan fingerprint density at radius 2 is 0.740 bits per heavy atom. The standard InChI is InChI=1S/C40H36O2P2S6/c1-3-41-39(45)49-37(29-43(47,33-17-9-5-10-18-33)34-19-11-6-12-20-34)31-25-27-32(28-26-31)38(50-40(46)42-4-2)30-44(48,35-21-13-7-14-22-35)36-23-15-8-16-24-36/h5-30H,3-4H2,1-2H3/b37-29+,38-30+. The second kappa shape index (κ2) is 18.7. The number of hydrogen-bond donors (Lipinski definition) is 0. The first-order chi connectivity index (χ1) is 24.3. The first kappa shape index (κ1) is 38.6. The van der Waals surface area contributed by atoms with Crippen molar-refractivity contribution in [1.29, 1.82) is 0 Å². The minimum atomic E-state index is -2.40. The zero-order valence-electron chi connectivity index (χ0n) is 27.6. The predicted molar refractivity (Wildman–Crippen MR) is 239 cm³/mol. The third-order valence-corrected chi connectivity index (χ3v) is 19.0. The number of hydrogen-bond acceptors (Lipinski definition) is 8. The molecule has 0 saturated heterocycles. The van der Waals surface area contributed by atoms with E-state index in [-0.39, 0.29) is 0 Å². The maximum atomic E-state index is 6.61. The third kappa shape index (κ3) is 9.82. The van der Waals surface area contributed by atoms with Gasteiger partial charge in [-0.3, -0.25) is 0 Å². The minimum Gasteiger partial charge on any atom is -0.479 e. The predicted octanol–water partition coefficient (Wildman–Crippen LogP) is 10.7. The Morgan fingerprint density at radius 3 is 0.980 bits per heavy atom. The fourth-order valence-corrected chi connectivity index (χ4v) is 15.6. The Morgan fingerprint density at radius 1 is 0.480 bits per heavy atom. The number of ether oxygens (including phenoxy) is 2. The minimum absolute atomic E-state index is 0.454. The van der Waals surface area contributed by atoms with Crippen molar-refractivity contribution in [2.45, 2.75) is 13.8 Å². The van der Waals surface area contributed by atoms with Crippen LogP contribution in [0.5, 0.6) is 0 Å². The molecule has 5 aromatic rings. The van der Waals surface area contributed by atoms with Crippen LogP contribution in [-0.4, -0.2) is 22.0 Å². The van der Waals surface area contributed by atoms with Crippen molar-refractivity contribution in [3.63, 3.8) is 0 Å². The maximum Gasteiger partial charge on any atom is 0.224 e. The summed E-state index contributed by atoms with van der Waals surface area (Å²) in [6, 6.07) is 45.1. The van der Waals surface area contributed by atoms with E-state index in [0.29, 0.717) is 22.0 Å². The van der Waals surface area contributed by atoms with Crippen LogP contribution in [0.3, 0.4) is 0 Å². The topological polar surface area (TPSA) is 18.5 Å². The zero-order valence-corrected chi connectivity index (χ0v) is 34.3. The van der Waals surface area contributed by atoms with Gasteiger partial charge in [0.2, 0.25) is 8.77 Å².